The molecular formula is C17H16N2O3S2. The highest BCUT2D eigenvalue weighted by Gasteiger charge is 2.09. The molecule has 1 heterocycles. The summed E-state index contributed by atoms with van der Waals surface area (Å²) in [6.07, 6.45) is 0. The first-order chi connectivity index (χ1) is 11.5. The van der Waals surface area contributed by atoms with Crippen LogP contribution in [0.25, 0.3) is 11.3 Å². The van der Waals surface area contributed by atoms with Gasteiger partial charge in [-0.25, -0.2) is 18.5 Å². The van der Waals surface area contributed by atoms with Crippen LogP contribution in [0.2, 0.25) is 0 Å². The number of aromatic nitrogens is 1. The van der Waals surface area contributed by atoms with Crippen LogP contribution in [0.3, 0.4) is 0 Å². The second-order valence-electron chi connectivity index (χ2n) is 5.17. The normalized spacial score (nSPS) is 11.5. The van der Waals surface area contributed by atoms with E-state index in [4.69, 9.17) is 9.88 Å². The molecule has 0 aliphatic carbocycles. The van der Waals surface area contributed by atoms with Gasteiger partial charge in [0, 0.05) is 10.9 Å². The molecule has 0 saturated carbocycles. The molecule has 3 rings (SSSR count). The number of hydrogen-bond donors (Lipinski definition) is 1. The first-order valence-corrected chi connectivity index (χ1v) is 9.64. The molecule has 5 nitrogen and oxygen atoms in total. The molecule has 3 aromatic rings. The smallest absolute Gasteiger partial charge is 0.238 e. The van der Waals surface area contributed by atoms with Crippen LogP contribution in [0.15, 0.2) is 64.9 Å². The average Bonchev–Trinajstić information content (AvgIpc) is 3.04. The van der Waals surface area contributed by atoms with Crippen molar-refractivity contribution in [1.82, 2.24) is 4.98 Å². The fourth-order valence-corrected chi connectivity index (χ4v) is 3.41. The fraction of sp³-hybridized carbons (Fsp3) is 0.118. The molecule has 124 valence electrons. The van der Waals surface area contributed by atoms with Crippen molar-refractivity contribution in [2.45, 2.75) is 18.1 Å². The molecule has 0 unspecified atom stereocenters. The van der Waals surface area contributed by atoms with Crippen molar-refractivity contribution in [3.05, 3.63) is 70.5 Å². The lowest BCUT2D eigenvalue weighted by atomic mass is 10.2. The highest BCUT2D eigenvalue weighted by atomic mass is 32.2. The largest absolute Gasteiger partial charge is 0.370 e. The molecule has 2 aromatic carbocycles. The van der Waals surface area contributed by atoms with Crippen LogP contribution >= 0.6 is 11.3 Å². The van der Waals surface area contributed by atoms with Gasteiger partial charge in [-0.2, -0.15) is 0 Å². The highest BCUT2D eigenvalue weighted by molar-refractivity contribution is 7.89. The van der Waals surface area contributed by atoms with Crippen molar-refractivity contribution in [1.29, 1.82) is 0 Å². The molecular weight excluding hydrogens is 344 g/mol. The van der Waals surface area contributed by atoms with E-state index in [1.165, 1.54) is 23.5 Å². The molecule has 2 N–H and O–H groups in total. The number of sulfonamides is 1. The first-order valence-electron chi connectivity index (χ1n) is 7.22. The molecule has 1 aromatic heterocycles. The van der Waals surface area contributed by atoms with Gasteiger partial charge in [-0.15, -0.1) is 11.3 Å². The monoisotopic (exact) mass is 360 g/mol. The molecule has 0 fully saturated rings. The van der Waals surface area contributed by atoms with Crippen LogP contribution in [0, 0.1) is 0 Å². The summed E-state index contributed by atoms with van der Waals surface area (Å²) >= 11 is 1.51. The van der Waals surface area contributed by atoms with Gasteiger partial charge in [0.15, 0.2) is 0 Å². The predicted octanol–water partition coefficient (Wildman–Crippen LogP) is 3.17. The van der Waals surface area contributed by atoms with E-state index < -0.39 is 10.0 Å². The summed E-state index contributed by atoms with van der Waals surface area (Å²) in [7, 11) is -3.67. The van der Waals surface area contributed by atoms with E-state index in [2.05, 4.69) is 4.98 Å². The van der Waals surface area contributed by atoms with Crippen molar-refractivity contribution in [3.63, 3.8) is 0 Å². The summed E-state index contributed by atoms with van der Waals surface area (Å²) in [5.41, 5.74) is 2.75. The van der Waals surface area contributed by atoms with E-state index in [-0.39, 0.29) is 4.90 Å². The number of ether oxygens (including phenoxy) is 1. The lowest BCUT2D eigenvalue weighted by Gasteiger charge is -2.02. The van der Waals surface area contributed by atoms with Crippen LogP contribution in [0.4, 0.5) is 0 Å². The second kappa shape index (κ2) is 7.23. The summed E-state index contributed by atoms with van der Waals surface area (Å²) in [6, 6.07) is 16.3. The molecule has 0 atom stereocenters. The SMILES string of the molecule is NS(=O)(=O)c1ccc(-c2csc(COCc3ccccc3)n2)cc1. The van der Waals surface area contributed by atoms with Gasteiger partial charge in [0.25, 0.3) is 0 Å². The van der Waals surface area contributed by atoms with Crippen LogP contribution in [-0.2, 0) is 28.0 Å². The number of primary sulfonamides is 1. The van der Waals surface area contributed by atoms with Gasteiger partial charge in [-0.05, 0) is 17.7 Å². The number of hydrogen-bond acceptors (Lipinski definition) is 5. The number of thiazole rings is 1. The Balaban J connectivity index is 1.63. The van der Waals surface area contributed by atoms with Crippen LogP contribution in [0.1, 0.15) is 10.6 Å². The van der Waals surface area contributed by atoms with Crippen LogP contribution in [-0.4, -0.2) is 13.4 Å². The lowest BCUT2D eigenvalue weighted by Crippen LogP contribution is -2.11. The van der Waals surface area contributed by atoms with Gasteiger partial charge in [-0.3, -0.25) is 0 Å². The van der Waals surface area contributed by atoms with E-state index in [0.29, 0.717) is 13.2 Å². The second-order valence-corrected chi connectivity index (χ2v) is 7.68. The standard InChI is InChI=1S/C17H16N2O3S2/c18-24(20,21)15-8-6-14(7-9-15)16-12-23-17(19-16)11-22-10-13-4-2-1-3-5-13/h1-9,12H,10-11H2,(H2,18,20,21). The van der Waals surface area contributed by atoms with Gasteiger partial charge in [0.1, 0.15) is 5.01 Å². The maximum atomic E-state index is 11.3. The van der Waals surface area contributed by atoms with Crippen LogP contribution in [0.5, 0.6) is 0 Å². The molecule has 0 aliphatic rings. The van der Waals surface area contributed by atoms with Crippen molar-refractivity contribution < 1.29 is 13.2 Å². The lowest BCUT2D eigenvalue weighted by molar-refractivity contribution is 0.107. The molecule has 0 spiro atoms. The minimum atomic E-state index is -3.67. The number of benzene rings is 2. The molecule has 0 bridgehead atoms. The van der Waals surface area contributed by atoms with Crippen molar-refractivity contribution in [2.24, 2.45) is 5.14 Å². The van der Waals surface area contributed by atoms with Gasteiger partial charge in [0.05, 0.1) is 23.8 Å². The van der Waals surface area contributed by atoms with Crippen LogP contribution < -0.4 is 5.14 Å². The highest BCUT2D eigenvalue weighted by Crippen LogP contribution is 2.23. The van der Waals surface area contributed by atoms with E-state index in [9.17, 15) is 8.42 Å². The topological polar surface area (TPSA) is 82.3 Å². The zero-order chi connectivity index (χ0) is 17.0. The Morgan fingerprint density at radius 3 is 2.38 bits per heavy atom. The Labute approximate surface area is 144 Å². The molecule has 0 radical (unpaired) electrons. The zero-order valence-electron chi connectivity index (χ0n) is 12.8. The average molecular weight is 360 g/mol. The van der Waals surface area contributed by atoms with E-state index in [0.717, 1.165) is 21.8 Å². The summed E-state index contributed by atoms with van der Waals surface area (Å²) in [6.45, 7) is 0.980. The molecule has 0 amide bonds. The van der Waals surface area contributed by atoms with Gasteiger partial charge < -0.3 is 4.74 Å². The molecule has 24 heavy (non-hydrogen) atoms. The third-order valence-electron chi connectivity index (χ3n) is 3.37. The van der Waals surface area contributed by atoms with Gasteiger partial charge in [-0.1, -0.05) is 42.5 Å². The Kier molecular flexibility index (Phi) is 5.06. The Morgan fingerprint density at radius 2 is 1.71 bits per heavy atom. The maximum absolute atomic E-state index is 11.3. The number of nitrogens with zero attached hydrogens (tertiary/aromatic N) is 1. The number of rotatable bonds is 6. The molecule has 7 heteroatoms. The van der Waals surface area contributed by atoms with Crippen molar-refractivity contribution in [2.75, 3.05) is 0 Å². The quantitative estimate of drug-likeness (QED) is 0.732. The first kappa shape index (κ1) is 16.8. The van der Waals surface area contributed by atoms with Gasteiger partial charge in [0.2, 0.25) is 10.0 Å². The summed E-state index contributed by atoms with van der Waals surface area (Å²) in [4.78, 5) is 4.61. The summed E-state index contributed by atoms with van der Waals surface area (Å²) < 4.78 is 28.2. The maximum Gasteiger partial charge on any atom is 0.238 e. The summed E-state index contributed by atoms with van der Waals surface area (Å²) in [5.74, 6) is 0. The molecule has 0 aliphatic heterocycles. The minimum Gasteiger partial charge on any atom is -0.370 e. The third kappa shape index (κ3) is 4.27. The van der Waals surface area contributed by atoms with E-state index in [1.807, 2.05) is 35.7 Å². The minimum absolute atomic E-state index is 0.0906. The molecule has 0 saturated heterocycles. The van der Waals surface area contributed by atoms with E-state index >= 15 is 0 Å². The zero-order valence-corrected chi connectivity index (χ0v) is 14.4. The third-order valence-corrected chi connectivity index (χ3v) is 5.12. The van der Waals surface area contributed by atoms with E-state index in [1.54, 1.807) is 12.1 Å². The van der Waals surface area contributed by atoms with Crippen molar-refractivity contribution in [3.8, 4) is 11.3 Å². The summed E-state index contributed by atoms with van der Waals surface area (Å²) in [5, 5.41) is 7.89. The number of nitrogens with two attached hydrogens (primary N) is 1. The Morgan fingerprint density at radius 1 is 1.00 bits per heavy atom. The Bertz CT molecular complexity index is 905. The van der Waals surface area contributed by atoms with Gasteiger partial charge >= 0.3 is 0 Å². The Hall–Kier alpha value is -2.06. The fourth-order valence-electron chi connectivity index (χ4n) is 2.16. The van der Waals surface area contributed by atoms with Crippen molar-refractivity contribution >= 4 is 21.4 Å². The predicted molar refractivity (Wildman–Crippen MR) is 93.9 cm³/mol.